The fourth-order valence-electron chi connectivity index (χ4n) is 2.63. The van der Waals surface area contributed by atoms with Crippen LogP contribution >= 0.6 is 0 Å². The number of imidazole rings is 1. The lowest BCUT2D eigenvalue weighted by molar-refractivity contribution is 0.271. The van der Waals surface area contributed by atoms with Crippen molar-refractivity contribution >= 4 is 22.5 Å². The molecule has 0 aliphatic carbocycles. The van der Waals surface area contributed by atoms with Crippen LogP contribution in [0, 0.1) is 12.8 Å². The zero-order valence-electron chi connectivity index (χ0n) is 14.9. The van der Waals surface area contributed by atoms with Crippen LogP contribution in [-0.2, 0) is 7.05 Å². The van der Waals surface area contributed by atoms with E-state index in [-0.39, 0.29) is 0 Å². The average molecular weight is 324 g/mol. The van der Waals surface area contributed by atoms with E-state index in [2.05, 4.69) is 53.8 Å². The number of benzene rings is 1. The molecule has 0 radical (unpaired) electrons. The van der Waals surface area contributed by atoms with Gasteiger partial charge in [0.05, 0.1) is 24.6 Å². The molecular formula is C19H24N4O. The maximum absolute atomic E-state index is 5.86. The first-order valence-electron chi connectivity index (χ1n) is 8.20. The molecule has 126 valence electrons. The van der Waals surface area contributed by atoms with Gasteiger partial charge in [-0.1, -0.05) is 19.9 Å². The SMILES string of the molecule is Cc1ccc(OCC(C)C)cc1N(C)c1cc2c(cn1)ncn2C. The van der Waals surface area contributed by atoms with E-state index in [1.807, 2.05) is 37.3 Å². The summed E-state index contributed by atoms with van der Waals surface area (Å²) in [6, 6.07) is 8.24. The van der Waals surface area contributed by atoms with Crippen LogP contribution < -0.4 is 9.64 Å². The number of anilines is 2. The van der Waals surface area contributed by atoms with Crippen LogP contribution in [0.25, 0.3) is 11.0 Å². The van der Waals surface area contributed by atoms with Gasteiger partial charge in [0.25, 0.3) is 0 Å². The normalized spacial score (nSPS) is 11.2. The van der Waals surface area contributed by atoms with Crippen molar-refractivity contribution in [2.75, 3.05) is 18.6 Å². The summed E-state index contributed by atoms with van der Waals surface area (Å²) in [6.07, 6.45) is 3.62. The lowest BCUT2D eigenvalue weighted by atomic mass is 10.1. The van der Waals surface area contributed by atoms with Crippen LogP contribution in [-0.4, -0.2) is 28.2 Å². The van der Waals surface area contributed by atoms with E-state index >= 15 is 0 Å². The fraction of sp³-hybridized carbons (Fsp3) is 0.368. The summed E-state index contributed by atoms with van der Waals surface area (Å²) in [5.74, 6) is 2.27. The monoisotopic (exact) mass is 324 g/mol. The molecule has 0 fully saturated rings. The maximum atomic E-state index is 5.86. The minimum Gasteiger partial charge on any atom is -0.493 e. The minimum atomic E-state index is 0.501. The van der Waals surface area contributed by atoms with Crippen LogP contribution in [0.5, 0.6) is 5.75 Å². The topological polar surface area (TPSA) is 43.2 Å². The first kappa shape index (κ1) is 16.3. The average Bonchev–Trinajstić information content (AvgIpc) is 2.94. The molecule has 0 aliphatic rings. The zero-order chi connectivity index (χ0) is 17.3. The van der Waals surface area contributed by atoms with Gasteiger partial charge in [0.1, 0.15) is 17.1 Å². The lowest BCUT2D eigenvalue weighted by Gasteiger charge is -2.22. The summed E-state index contributed by atoms with van der Waals surface area (Å²) in [4.78, 5) is 11.0. The largest absolute Gasteiger partial charge is 0.493 e. The molecule has 2 aromatic heterocycles. The molecule has 3 aromatic rings. The van der Waals surface area contributed by atoms with Gasteiger partial charge in [-0.2, -0.15) is 0 Å². The Balaban J connectivity index is 1.93. The Morgan fingerprint density at radius 1 is 1.21 bits per heavy atom. The van der Waals surface area contributed by atoms with Gasteiger partial charge >= 0.3 is 0 Å². The van der Waals surface area contributed by atoms with Crippen molar-refractivity contribution in [3.8, 4) is 5.75 Å². The van der Waals surface area contributed by atoms with Crippen molar-refractivity contribution in [1.29, 1.82) is 0 Å². The van der Waals surface area contributed by atoms with Crippen LogP contribution in [0.1, 0.15) is 19.4 Å². The molecule has 5 nitrogen and oxygen atoms in total. The summed E-state index contributed by atoms with van der Waals surface area (Å²) in [5, 5.41) is 0. The van der Waals surface area contributed by atoms with Gasteiger partial charge in [-0.25, -0.2) is 9.97 Å². The van der Waals surface area contributed by atoms with Crippen molar-refractivity contribution in [3.63, 3.8) is 0 Å². The van der Waals surface area contributed by atoms with E-state index in [9.17, 15) is 0 Å². The molecule has 0 bridgehead atoms. The summed E-state index contributed by atoms with van der Waals surface area (Å²) in [5.41, 5.74) is 4.24. The summed E-state index contributed by atoms with van der Waals surface area (Å²) < 4.78 is 7.87. The Kier molecular flexibility index (Phi) is 4.42. The molecule has 0 amide bonds. The van der Waals surface area contributed by atoms with Crippen LogP contribution in [0.3, 0.4) is 0 Å². The predicted octanol–water partition coefficient (Wildman–Crippen LogP) is 4.08. The van der Waals surface area contributed by atoms with Crippen molar-refractivity contribution in [3.05, 3.63) is 42.4 Å². The Morgan fingerprint density at radius 2 is 2.00 bits per heavy atom. The molecule has 0 spiro atoms. The highest BCUT2D eigenvalue weighted by Crippen LogP contribution is 2.30. The molecular weight excluding hydrogens is 300 g/mol. The van der Waals surface area contributed by atoms with Gasteiger partial charge in [-0.3, -0.25) is 0 Å². The Bertz CT molecular complexity index is 854. The smallest absolute Gasteiger partial charge is 0.134 e. The minimum absolute atomic E-state index is 0.501. The Morgan fingerprint density at radius 3 is 2.75 bits per heavy atom. The van der Waals surface area contributed by atoms with Gasteiger partial charge in [0.15, 0.2) is 0 Å². The fourth-order valence-corrected chi connectivity index (χ4v) is 2.63. The van der Waals surface area contributed by atoms with E-state index < -0.39 is 0 Å². The maximum Gasteiger partial charge on any atom is 0.134 e. The highest BCUT2D eigenvalue weighted by Gasteiger charge is 2.12. The first-order valence-corrected chi connectivity index (χ1v) is 8.20. The third-order valence-electron chi connectivity index (χ3n) is 4.07. The third kappa shape index (κ3) is 3.20. The quantitative estimate of drug-likeness (QED) is 0.709. The lowest BCUT2D eigenvalue weighted by Crippen LogP contribution is -2.13. The van der Waals surface area contributed by atoms with Crippen LogP contribution in [0.15, 0.2) is 36.8 Å². The molecule has 2 heterocycles. The number of ether oxygens (including phenoxy) is 1. The van der Waals surface area contributed by atoms with E-state index in [1.165, 1.54) is 5.56 Å². The number of rotatable bonds is 5. The predicted molar refractivity (Wildman–Crippen MR) is 98.1 cm³/mol. The number of aromatic nitrogens is 3. The Labute approximate surface area is 142 Å². The highest BCUT2D eigenvalue weighted by molar-refractivity contribution is 5.79. The molecule has 0 saturated carbocycles. The van der Waals surface area contributed by atoms with Gasteiger partial charge in [0, 0.05) is 31.9 Å². The molecule has 0 saturated heterocycles. The second-order valence-corrected chi connectivity index (χ2v) is 6.60. The van der Waals surface area contributed by atoms with Crippen molar-refractivity contribution in [1.82, 2.24) is 14.5 Å². The van der Waals surface area contributed by atoms with Gasteiger partial charge in [-0.05, 0) is 24.5 Å². The van der Waals surface area contributed by atoms with Gasteiger partial charge in [0.2, 0.25) is 0 Å². The molecule has 0 atom stereocenters. The number of fused-ring (bicyclic) bond motifs is 1. The number of pyridine rings is 1. The summed E-state index contributed by atoms with van der Waals surface area (Å²) >= 11 is 0. The van der Waals surface area contributed by atoms with Crippen LogP contribution in [0.2, 0.25) is 0 Å². The highest BCUT2D eigenvalue weighted by atomic mass is 16.5. The van der Waals surface area contributed by atoms with Crippen molar-refractivity contribution < 1.29 is 4.74 Å². The van der Waals surface area contributed by atoms with Crippen molar-refractivity contribution in [2.24, 2.45) is 13.0 Å². The summed E-state index contributed by atoms with van der Waals surface area (Å²) in [7, 11) is 4.02. The first-order chi connectivity index (χ1) is 11.5. The molecule has 3 rings (SSSR count). The Hall–Kier alpha value is -2.56. The summed E-state index contributed by atoms with van der Waals surface area (Å²) in [6.45, 7) is 7.11. The van der Waals surface area contributed by atoms with E-state index in [0.29, 0.717) is 12.5 Å². The number of hydrogen-bond donors (Lipinski definition) is 0. The molecule has 24 heavy (non-hydrogen) atoms. The molecule has 0 aliphatic heterocycles. The molecule has 5 heteroatoms. The second kappa shape index (κ2) is 6.51. The van der Waals surface area contributed by atoms with E-state index in [4.69, 9.17) is 4.74 Å². The zero-order valence-corrected chi connectivity index (χ0v) is 14.9. The third-order valence-corrected chi connectivity index (χ3v) is 4.07. The molecule has 1 aromatic carbocycles. The number of hydrogen-bond acceptors (Lipinski definition) is 4. The second-order valence-electron chi connectivity index (χ2n) is 6.60. The standard InChI is InChI=1S/C19H24N4O/c1-13(2)11-24-15-7-6-14(3)17(8-15)23(5)19-9-18-16(10-20-19)21-12-22(18)4/h6-10,12-13H,11H2,1-5H3. The van der Waals surface area contributed by atoms with E-state index in [1.54, 1.807) is 0 Å². The van der Waals surface area contributed by atoms with Gasteiger partial charge in [-0.15, -0.1) is 0 Å². The van der Waals surface area contributed by atoms with Gasteiger partial charge < -0.3 is 14.2 Å². The van der Waals surface area contributed by atoms with E-state index in [0.717, 1.165) is 28.3 Å². The number of nitrogens with zero attached hydrogens (tertiary/aromatic N) is 4. The van der Waals surface area contributed by atoms with Crippen LogP contribution in [0.4, 0.5) is 11.5 Å². The molecule has 0 N–H and O–H groups in total. The number of aryl methyl sites for hydroxylation is 2. The molecule has 0 unspecified atom stereocenters. The van der Waals surface area contributed by atoms with Crippen molar-refractivity contribution in [2.45, 2.75) is 20.8 Å².